The van der Waals surface area contributed by atoms with E-state index in [0.717, 1.165) is 23.8 Å². The highest BCUT2D eigenvalue weighted by Crippen LogP contribution is 2.44. The molecule has 1 aliphatic heterocycles. The van der Waals surface area contributed by atoms with Crippen molar-refractivity contribution in [2.24, 2.45) is 5.73 Å². The SMILES string of the molecule is Cc1c(Cc2c(F)cccc2C(F)(F)F)c2n(c(=O)c1-c1cccc(OC(C)C)c1F)[C@@H](C(N)c1ccccc1)CS2. The van der Waals surface area contributed by atoms with Gasteiger partial charge in [-0.2, -0.15) is 13.2 Å². The third-order valence-electron chi connectivity index (χ3n) is 7.43. The van der Waals surface area contributed by atoms with Gasteiger partial charge in [0.1, 0.15) is 5.82 Å². The molecule has 42 heavy (non-hydrogen) atoms. The molecule has 0 radical (unpaired) electrons. The van der Waals surface area contributed by atoms with Crippen LogP contribution in [0.3, 0.4) is 0 Å². The molecule has 0 spiro atoms. The van der Waals surface area contributed by atoms with Crippen LogP contribution in [-0.2, 0) is 12.6 Å². The van der Waals surface area contributed by atoms with E-state index in [1.807, 2.05) is 30.3 Å². The second kappa shape index (κ2) is 11.6. The lowest BCUT2D eigenvalue weighted by atomic mass is 9.91. The van der Waals surface area contributed by atoms with Crippen molar-refractivity contribution in [3.8, 4) is 16.9 Å². The van der Waals surface area contributed by atoms with Crippen molar-refractivity contribution in [1.82, 2.24) is 4.57 Å². The first-order chi connectivity index (χ1) is 19.9. The van der Waals surface area contributed by atoms with Gasteiger partial charge in [-0.05, 0) is 55.7 Å². The fraction of sp³-hybridized carbons (Fsp3) is 0.281. The predicted molar refractivity (Wildman–Crippen MR) is 154 cm³/mol. The van der Waals surface area contributed by atoms with E-state index >= 15 is 8.78 Å². The van der Waals surface area contributed by atoms with Gasteiger partial charge in [-0.15, -0.1) is 11.8 Å². The van der Waals surface area contributed by atoms with Crippen molar-refractivity contribution in [2.45, 2.75) is 56.6 Å². The Labute approximate surface area is 244 Å². The highest BCUT2D eigenvalue weighted by Gasteiger charge is 2.38. The normalized spacial score (nSPS) is 15.6. The Morgan fingerprint density at radius 2 is 1.69 bits per heavy atom. The maximum absolute atomic E-state index is 15.9. The van der Waals surface area contributed by atoms with Gasteiger partial charge in [0.25, 0.3) is 5.56 Å². The van der Waals surface area contributed by atoms with Crippen LogP contribution < -0.4 is 16.0 Å². The zero-order chi connectivity index (χ0) is 30.3. The molecule has 0 saturated heterocycles. The molecule has 0 amide bonds. The van der Waals surface area contributed by atoms with Crippen molar-refractivity contribution in [1.29, 1.82) is 0 Å². The fourth-order valence-electron chi connectivity index (χ4n) is 5.44. The summed E-state index contributed by atoms with van der Waals surface area (Å²) >= 11 is 1.27. The predicted octanol–water partition coefficient (Wildman–Crippen LogP) is 7.85. The number of ether oxygens (including phenoxy) is 1. The quantitative estimate of drug-likeness (QED) is 0.220. The zero-order valence-electron chi connectivity index (χ0n) is 23.1. The van der Waals surface area contributed by atoms with Crippen molar-refractivity contribution in [2.75, 3.05) is 5.75 Å². The average Bonchev–Trinajstić information content (AvgIpc) is 3.38. The van der Waals surface area contributed by atoms with Crippen LogP contribution in [0.15, 0.2) is 76.6 Å². The van der Waals surface area contributed by atoms with Crippen molar-refractivity contribution >= 4 is 11.8 Å². The van der Waals surface area contributed by atoms with Gasteiger partial charge >= 0.3 is 6.18 Å². The van der Waals surface area contributed by atoms with Gasteiger partial charge in [-0.1, -0.05) is 48.5 Å². The lowest BCUT2D eigenvalue weighted by molar-refractivity contribution is -0.138. The summed E-state index contributed by atoms with van der Waals surface area (Å²) < 4.78 is 79.9. The summed E-state index contributed by atoms with van der Waals surface area (Å²) in [6, 6.07) is 15.2. The minimum Gasteiger partial charge on any atom is -0.488 e. The number of alkyl halides is 3. The van der Waals surface area contributed by atoms with E-state index in [4.69, 9.17) is 10.5 Å². The number of hydrogen-bond donors (Lipinski definition) is 1. The number of pyridine rings is 1. The zero-order valence-corrected chi connectivity index (χ0v) is 24.0. The molecule has 0 saturated carbocycles. The summed E-state index contributed by atoms with van der Waals surface area (Å²) in [5.41, 5.74) is 5.72. The molecule has 0 fully saturated rings. The molecule has 10 heteroatoms. The first-order valence-electron chi connectivity index (χ1n) is 13.4. The third-order valence-corrected chi connectivity index (χ3v) is 8.66. The number of hydrogen-bond acceptors (Lipinski definition) is 4. The Morgan fingerprint density at radius 1 is 1.00 bits per heavy atom. The Bertz CT molecular complexity index is 1690. The van der Waals surface area contributed by atoms with Crippen LogP contribution in [0.4, 0.5) is 22.0 Å². The lowest BCUT2D eigenvalue weighted by Gasteiger charge is -2.25. The minimum absolute atomic E-state index is 0.0295. The smallest absolute Gasteiger partial charge is 0.416 e. The molecule has 0 bridgehead atoms. The van der Waals surface area contributed by atoms with E-state index in [0.29, 0.717) is 16.3 Å². The molecular formula is C32H29F5N2O2S. The Morgan fingerprint density at radius 3 is 2.36 bits per heavy atom. The van der Waals surface area contributed by atoms with Crippen LogP contribution in [0.5, 0.6) is 5.75 Å². The molecule has 2 N–H and O–H groups in total. The van der Waals surface area contributed by atoms with Gasteiger partial charge in [0, 0.05) is 23.3 Å². The summed E-state index contributed by atoms with van der Waals surface area (Å²) in [6.07, 6.45) is -5.61. The number of thioether (sulfide) groups is 1. The maximum Gasteiger partial charge on any atom is 0.416 e. The first-order valence-corrected chi connectivity index (χ1v) is 14.4. The molecule has 2 atom stereocenters. The molecule has 5 rings (SSSR count). The van der Waals surface area contributed by atoms with Crippen molar-refractivity contribution in [3.63, 3.8) is 0 Å². The second-order valence-corrected chi connectivity index (χ2v) is 11.5. The molecule has 3 aromatic carbocycles. The van der Waals surface area contributed by atoms with E-state index in [2.05, 4.69) is 0 Å². The van der Waals surface area contributed by atoms with Gasteiger partial charge in [-0.25, -0.2) is 8.78 Å². The summed E-state index contributed by atoms with van der Waals surface area (Å²) in [6.45, 7) is 5.03. The summed E-state index contributed by atoms with van der Waals surface area (Å²) in [5.74, 6) is -1.50. The van der Waals surface area contributed by atoms with Crippen LogP contribution in [0.2, 0.25) is 0 Å². The standard InChI is InChI=1S/C32H29F5N2O2S/c1-17(2)41-26-14-7-11-20(28(26)34)27-18(3)21(15-22-23(32(35,36)37)12-8-13-24(22)33)31-39(30(27)40)25(16-42-31)29(38)19-9-5-4-6-10-19/h4-14,17,25,29H,15-16,38H2,1-3H3/t25-,29?/m1/s1. The molecule has 220 valence electrons. The largest absolute Gasteiger partial charge is 0.488 e. The minimum atomic E-state index is -4.80. The van der Waals surface area contributed by atoms with E-state index in [-0.39, 0.29) is 28.5 Å². The Hall–Kier alpha value is -3.63. The highest BCUT2D eigenvalue weighted by molar-refractivity contribution is 7.99. The van der Waals surface area contributed by atoms with Crippen LogP contribution >= 0.6 is 11.8 Å². The molecule has 4 aromatic rings. The van der Waals surface area contributed by atoms with Crippen LogP contribution in [0, 0.1) is 18.6 Å². The van der Waals surface area contributed by atoms with E-state index in [9.17, 15) is 18.0 Å². The fourth-order valence-corrected chi connectivity index (χ4v) is 6.88. The number of benzene rings is 3. The third kappa shape index (κ3) is 5.45. The molecular weight excluding hydrogens is 571 g/mol. The van der Waals surface area contributed by atoms with Gasteiger partial charge in [0.05, 0.1) is 34.3 Å². The molecule has 1 unspecified atom stereocenters. The number of fused-ring (bicyclic) bond motifs is 1. The lowest BCUT2D eigenvalue weighted by Crippen LogP contribution is -2.33. The molecule has 2 heterocycles. The van der Waals surface area contributed by atoms with E-state index in [1.165, 1.54) is 28.5 Å². The summed E-state index contributed by atoms with van der Waals surface area (Å²) in [7, 11) is 0. The van der Waals surface area contributed by atoms with Gasteiger partial charge in [0.2, 0.25) is 0 Å². The number of halogens is 5. The highest BCUT2D eigenvalue weighted by atomic mass is 32.2. The molecule has 4 nitrogen and oxygen atoms in total. The monoisotopic (exact) mass is 600 g/mol. The van der Waals surface area contributed by atoms with Crippen LogP contribution in [0.25, 0.3) is 11.1 Å². The van der Waals surface area contributed by atoms with E-state index < -0.39 is 53.0 Å². The second-order valence-electron chi connectivity index (χ2n) is 10.5. The molecule has 0 aliphatic carbocycles. The van der Waals surface area contributed by atoms with Crippen molar-refractivity contribution in [3.05, 3.63) is 117 Å². The van der Waals surface area contributed by atoms with Gasteiger partial charge in [0.15, 0.2) is 11.6 Å². The topological polar surface area (TPSA) is 57.2 Å². The molecule has 1 aromatic heterocycles. The first kappa shape index (κ1) is 29.8. The van der Waals surface area contributed by atoms with Gasteiger partial charge < -0.3 is 10.5 Å². The van der Waals surface area contributed by atoms with Crippen LogP contribution in [-0.4, -0.2) is 16.4 Å². The number of aromatic nitrogens is 1. The summed E-state index contributed by atoms with van der Waals surface area (Å²) in [4.78, 5) is 14.2. The van der Waals surface area contributed by atoms with Crippen LogP contribution in [0.1, 0.15) is 53.7 Å². The Balaban J connectivity index is 1.78. The average molecular weight is 601 g/mol. The Kier molecular flexibility index (Phi) is 8.22. The number of rotatable bonds is 7. The molecule has 1 aliphatic rings. The maximum atomic E-state index is 15.9. The van der Waals surface area contributed by atoms with E-state index in [1.54, 1.807) is 26.8 Å². The van der Waals surface area contributed by atoms with Crippen molar-refractivity contribution < 1.29 is 26.7 Å². The van der Waals surface area contributed by atoms with Gasteiger partial charge in [-0.3, -0.25) is 9.36 Å². The number of nitrogens with two attached hydrogens (primary N) is 1. The number of nitrogens with zero attached hydrogens (tertiary/aromatic N) is 1. The summed E-state index contributed by atoms with van der Waals surface area (Å²) in [5, 5.41) is 0.393.